The molecule has 3 nitrogen and oxygen atoms in total. The van der Waals surface area contributed by atoms with Gasteiger partial charge in [0.1, 0.15) is 5.82 Å². The first-order valence-corrected chi connectivity index (χ1v) is 3.78. The lowest BCUT2D eigenvalue weighted by Crippen LogP contribution is -1.97. The van der Waals surface area contributed by atoms with Crippen LogP contribution in [0.5, 0.6) is 0 Å². The van der Waals surface area contributed by atoms with Gasteiger partial charge < -0.3 is 5.11 Å². The number of aryl methyl sites for hydroxylation is 1. The van der Waals surface area contributed by atoms with Crippen molar-refractivity contribution in [1.82, 2.24) is 9.97 Å². The second-order valence-electron chi connectivity index (χ2n) is 2.37. The first kappa shape index (κ1) is 8.14. The third-order valence-corrected chi connectivity index (χ3v) is 1.40. The standard InChI is InChI=1S/C8H12N2O/c1-2-3-8-9-5-4-7(6-11)10-8/h4-5,11H,2-3,6H2,1H3. The summed E-state index contributed by atoms with van der Waals surface area (Å²) in [5.74, 6) is 0.819. The number of aromatic nitrogens is 2. The summed E-state index contributed by atoms with van der Waals surface area (Å²) in [6.07, 6.45) is 3.60. The van der Waals surface area contributed by atoms with Crippen molar-refractivity contribution in [2.24, 2.45) is 0 Å². The summed E-state index contributed by atoms with van der Waals surface area (Å²) < 4.78 is 0. The zero-order chi connectivity index (χ0) is 8.10. The van der Waals surface area contributed by atoms with Crippen LogP contribution < -0.4 is 0 Å². The van der Waals surface area contributed by atoms with Crippen LogP contribution in [0.2, 0.25) is 0 Å². The molecule has 0 aliphatic carbocycles. The number of nitrogens with zero attached hydrogens (tertiary/aromatic N) is 2. The molecule has 0 spiro atoms. The van der Waals surface area contributed by atoms with Crippen LogP contribution in [-0.2, 0) is 13.0 Å². The van der Waals surface area contributed by atoms with Gasteiger partial charge in [-0.15, -0.1) is 0 Å². The van der Waals surface area contributed by atoms with Crippen LogP contribution in [0.3, 0.4) is 0 Å². The lowest BCUT2D eigenvalue weighted by atomic mass is 10.3. The van der Waals surface area contributed by atoms with Gasteiger partial charge in [0.05, 0.1) is 12.3 Å². The van der Waals surface area contributed by atoms with Gasteiger partial charge in [-0.3, -0.25) is 0 Å². The fraction of sp³-hybridized carbons (Fsp3) is 0.500. The lowest BCUT2D eigenvalue weighted by Gasteiger charge is -1.98. The van der Waals surface area contributed by atoms with E-state index >= 15 is 0 Å². The monoisotopic (exact) mass is 152 g/mol. The Labute approximate surface area is 66.1 Å². The third-order valence-electron chi connectivity index (χ3n) is 1.40. The summed E-state index contributed by atoms with van der Waals surface area (Å²) in [4.78, 5) is 8.17. The first-order valence-electron chi connectivity index (χ1n) is 3.78. The Morgan fingerprint density at radius 3 is 3.00 bits per heavy atom. The number of aliphatic hydroxyl groups is 1. The maximum atomic E-state index is 8.74. The van der Waals surface area contributed by atoms with E-state index < -0.39 is 0 Å². The molecule has 0 atom stereocenters. The Hall–Kier alpha value is -0.960. The highest BCUT2D eigenvalue weighted by Gasteiger charge is 1.95. The third kappa shape index (κ3) is 2.27. The minimum absolute atomic E-state index is 0.000760. The molecule has 0 saturated heterocycles. The van der Waals surface area contributed by atoms with Crippen LogP contribution >= 0.6 is 0 Å². The van der Waals surface area contributed by atoms with E-state index in [-0.39, 0.29) is 6.61 Å². The van der Waals surface area contributed by atoms with Crippen LogP contribution in [-0.4, -0.2) is 15.1 Å². The fourth-order valence-electron chi connectivity index (χ4n) is 0.873. The molecule has 0 saturated carbocycles. The molecule has 1 aromatic heterocycles. The van der Waals surface area contributed by atoms with Gasteiger partial charge in [0, 0.05) is 12.6 Å². The predicted molar refractivity (Wildman–Crippen MR) is 41.9 cm³/mol. The van der Waals surface area contributed by atoms with Crippen LogP contribution in [0.15, 0.2) is 12.3 Å². The van der Waals surface area contributed by atoms with E-state index in [9.17, 15) is 0 Å². The minimum atomic E-state index is -0.000760. The average molecular weight is 152 g/mol. The highest BCUT2D eigenvalue weighted by Crippen LogP contribution is 1.97. The minimum Gasteiger partial charge on any atom is -0.390 e. The molecule has 1 N–H and O–H groups in total. The summed E-state index contributed by atoms with van der Waals surface area (Å²) >= 11 is 0. The molecular formula is C8H12N2O. The fourth-order valence-corrected chi connectivity index (χ4v) is 0.873. The van der Waals surface area contributed by atoms with Gasteiger partial charge in [-0.05, 0) is 12.5 Å². The van der Waals surface area contributed by atoms with E-state index in [0.717, 1.165) is 18.7 Å². The summed E-state index contributed by atoms with van der Waals surface area (Å²) in [5, 5.41) is 8.74. The molecule has 1 heterocycles. The average Bonchev–Trinajstić information content (AvgIpc) is 2.06. The molecule has 1 aromatic rings. The van der Waals surface area contributed by atoms with Gasteiger partial charge in [-0.25, -0.2) is 9.97 Å². The van der Waals surface area contributed by atoms with E-state index in [0.29, 0.717) is 5.69 Å². The molecular weight excluding hydrogens is 140 g/mol. The Bertz CT molecular complexity index is 225. The highest BCUT2D eigenvalue weighted by atomic mass is 16.3. The summed E-state index contributed by atoms with van der Waals surface area (Å²) in [6.45, 7) is 2.08. The Morgan fingerprint density at radius 1 is 1.55 bits per heavy atom. The molecule has 0 aliphatic heterocycles. The Balaban J connectivity index is 2.74. The summed E-state index contributed by atoms with van der Waals surface area (Å²) in [6, 6.07) is 1.72. The zero-order valence-electron chi connectivity index (χ0n) is 6.62. The van der Waals surface area contributed by atoms with Crippen LogP contribution in [0, 0.1) is 0 Å². The molecule has 0 amide bonds. The van der Waals surface area contributed by atoms with E-state index in [1.807, 2.05) is 0 Å². The first-order chi connectivity index (χ1) is 5.36. The van der Waals surface area contributed by atoms with Gasteiger partial charge >= 0.3 is 0 Å². The number of hydrogen-bond acceptors (Lipinski definition) is 3. The van der Waals surface area contributed by atoms with Crippen molar-refractivity contribution >= 4 is 0 Å². The molecule has 0 radical (unpaired) electrons. The Kier molecular flexibility index (Phi) is 2.98. The second-order valence-corrected chi connectivity index (χ2v) is 2.37. The maximum Gasteiger partial charge on any atom is 0.128 e. The zero-order valence-corrected chi connectivity index (χ0v) is 6.62. The van der Waals surface area contributed by atoms with Gasteiger partial charge in [0.2, 0.25) is 0 Å². The van der Waals surface area contributed by atoms with Crippen molar-refractivity contribution in [3.05, 3.63) is 23.8 Å². The normalized spacial score (nSPS) is 10.0. The quantitative estimate of drug-likeness (QED) is 0.700. The molecule has 3 heteroatoms. The van der Waals surface area contributed by atoms with Crippen LogP contribution in [0.25, 0.3) is 0 Å². The second kappa shape index (κ2) is 4.03. The van der Waals surface area contributed by atoms with Crippen LogP contribution in [0.1, 0.15) is 24.9 Å². The number of aliphatic hydroxyl groups excluding tert-OH is 1. The van der Waals surface area contributed by atoms with E-state index in [4.69, 9.17) is 5.11 Å². The van der Waals surface area contributed by atoms with Crippen molar-refractivity contribution in [1.29, 1.82) is 0 Å². The van der Waals surface area contributed by atoms with Gasteiger partial charge in [0.15, 0.2) is 0 Å². The van der Waals surface area contributed by atoms with Crippen molar-refractivity contribution in [3.63, 3.8) is 0 Å². The van der Waals surface area contributed by atoms with Crippen molar-refractivity contribution in [2.75, 3.05) is 0 Å². The highest BCUT2D eigenvalue weighted by molar-refractivity contribution is 5.00. The number of hydrogen-bond donors (Lipinski definition) is 1. The summed E-state index contributed by atoms with van der Waals surface area (Å²) in [7, 11) is 0. The largest absolute Gasteiger partial charge is 0.390 e. The van der Waals surface area contributed by atoms with Gasteiger partial charge in [0.25, 0.3) is 0 Å². The van der Waals surface area contributed by atoms with Gasteiger partial charge in [-0.1, -0.05) is 6.92 Å². The van der Waals surface area contributed by atoms with E-state index in [2.05, 4.69) is 16.9 Å². The van der Waals surface area contributed by atoms with E-state index in [1.165, 1.54) is 0 Å². The summed E-state index contributed by atoms with van der Waals surface area (Å²) in [5.41, 5.74) is 0.698. The molecule has 0 unspecified atom stereocenters. The predicted octanol–water partition coefficient (Wildman–Crippen LogP) is 0.921. The van der Waals surface area contributed by atoms with Crippen molar-refractivity contribution in [3.8, 4) is 0 Å². The molecule has 60 valence electrons. The number of rotatable bonds is 3. The molecule has 0 aliphatic rings. The molecule has 0 aromatic carbocycles. The molecule has 1 rings (SSSR count). The smallest absolute Gasteiger partial charge is 0.128 e. The van der Waals surface area contributed by atoms with Crippen molar-refractivity contribution < 1.29 is 5.11 Å². The lowest BCUT2D eigenvalue weighted by molar-refractivity contribution is 0.276. The van der Waals surface area contributed by atoms with Crippen LogP contribution in [0.4, 0.5) is 0 Å². The molecule has 11 heavy (non-hydrogen) atoms. The topological polar surface area (TPSA) is 46.0 Å². The molecule has 0 bridgehead atoms. The van der Waals surface area contributed by atoms with E-state index in [1.54, 1.807) is 12.3 Å². The SMILES string of the molecule is CCCc1nccc(CO)n1. The molecule has 0 fully saturated rings. The maximum absolute atomic E-state index is 8.74. The Morgan fingerprint density at radius 2 is 2.36 bits per heavy atom. The van der Waals surface area contributed by atoms with Gasteiger partial charge in [-0.2, -0.15) is 0 Å². The van der Waals surface area contributed by atoms with Crippen molar-refractivity contribution in [2.45, 2.75) is 26.4 Å².